The molecule has 0 bridgehead atoms. The average Bonchev–Trinajstić information content (AvgIpc) is 2.86. The lowest BCUT2D eigenvalue weighted by molar-refractivity contribution is -0.126. The van der Waals surface area contributed by atoms with Crippen molar-refractivity contribution in [1.82, 2.24) is 14.5 Å². The maximum Gasteiger partial charge on any atom is 0.243 e. The second-order valence-corrected chi connectivity index (χ2v) is 10.4. The van der Waals surface area contributed by atoms with Crippen molar-refractivity contribution >= 4 is 15.9 Å². The van der Waals surface area contributed by atoms with E-state index >= 15 is 0 Å². The molecule has 178 valence electrons. The lowest BCUT2D eigenvalue weighted by atomic mass is 9.96. The second kappa shape index (κ2) is 10.7. The number of halogens is 1. The highest BCUT2D eigenvalue weighted by atomic mass is 32.2. The van der Waals surface area contributed by atoms with E-state index in [-0.39, 0.29) is 28.6 Å². The van der Waals surface area contributed by atoms with Crippen LogP contribution in [-0.4, -0.2) is 69.5 Å². The van der Waals surface area contributed by atoms with E-state index in [1.807, 2.05) is 0 Å². The van der Waals surface area contributed by atoms with Gasteiger partial charge in [-0.15, -0.1) is 0 Å². The van der Waals surface area contributed by atoms with Crippen molar-refractivity contribution in [2.75, 3.05) is 45.9 Å². The van der Waals surface area contributed by atoms with Gasteiger partial charge in [0.15, 0.2) is 0 Å². The quantitative estimate of drug-likeness (QED) is 0.666. The first kappa shape index (κ1) is 23.8. The number of sulfonamides is 1. The monoisotopic (exact) mass is 475 g/mol. The number of ether oxygens (including phenoxy) is 1. The van der Waals surface area contributed by atoms with Crippen LogP contribution >= 0.6 is 0 Å². The van der Waals surface area contributed by atoms with Crippen LogP contribution in [0.1, 0.15) is 24.4 Å². The molecule has 0 saturated carbocycles. The van der Waals surface area contributed by atoms with E-state index in [4.69, 9.17) is 4.74 Å². The zero-order valence-electron chi connectivity index (χ0n) is 18.5. The average molecular weight is 476 g/mol. The Morgan fingerprint density at radius 1 is 1.00 bits per heavy atom. The van der Waals surface area contributed by atoms with Crippen molar-refractivity contribution in [1.29, 1.82) is 0 Å². The molecule has 1 N–H and O–H groups in total. The molecule has 2 aliphatic rings. The summed E-state index contributed by atoms with van der Waals surface area (Å²) in [6.07, 6.45) is 0.966. The summed E-state index contributed by atoms with van der Waals surface area (Å²) in [5.74, 6) is -0.585. The summed E-state index contributed by atoms with van der Waals surface area (Å²) in [6, 6.07) is 14.7. The van der Waals surface area contributed by atoms with Gasteiger partial charge in [-0.25, -0.2) is 12.8 Å². The smallest absolute Gasteiger partial charge is 0.243 e. The van der Waals surface area contributed by atoms with Crippen LogP contribution in [0.3, 0.4) is 0 Å². The Morgan fingerprint density at radius 3 is 2.27 bits per heavy atom. The molecule has 1 amide bonds. The number of amides is 1. The van der Waals surface area contributed by atoms with E-state index in [1.54, 1.807) is 42.5 Å². The molecule has 2 aromatic carbocycles. The number of nitrogens with one attached hydrogen (secondary N) is 1. The SMILES string of the molecule is O=C(NCC(c1ccc(F)cc1)N1CCOCC1)C1CCN(S(=O)(=O)c2ccccc2)CC1. The first-order chi connectivity index (χ1) is 15.9. The molecule has 0 spiro atoms. The first-order valence-electron chi connectivity index (χ1n) is 11.4. The zero-order valence-corrected chi connectivity index (χ0v) is 19.3. The van der Waals surface area contributed by atoms with Crippen molar-refractivity contribution in [2.45, 2.75) is 23.8 Å². The van der Waals surface area contributed by atoms with E-state index in [9.17, 15) is 17.6 Å². The molecule has 2 saturated heterocycles. The number of hydrogen-bond acceptors (Lipinski definition) is 5. The lowest BCUT2D eigenvalue weighted by Gasteiger charge is -2.35. The van der Waals surface area contributed by atoms with Crippen LogP contribution in [0.4, 0.5) is 4.39 Å². The molecule has 2 fully saturated rings. The zero-order chi connectivity index (χ0) is 23.3. The summed E-state index contributed by atoms with van der Waals surface area (Å²) >= 11 is 0. The van der Waals surface area contributed by atoms with Gasteiger partial charge in [0.05, 0.1) is 24.2 Å². The van der Waals surface area contributed by atoms with Gasteiger partial charge >= 0.3 is 0 Å². The highest BCUT2D eigenvalue weighted by Gasteiger charge is 2.32. The number of carbonyl (C=O) groups excluding carboxylic acids is 1. The third kappa shape index (κ3) is 5.78. The van der Waals surface area contributed by atoms with Gasteiger partial charge in [-0.3, -0.25) is 9.69 Å². The van der Waals surface area contributed by atoms with Gasteiger partial charge in [-0.1, -0.05) is 30.3 Å². The van der Waals surface area contributed by atoms with Crippen molar-refractivity contribution in [3.05, 3.63) is 66.0 Å². The van der Waals surface area contributed by atoms with Crippen LogP contribution in [0.25, 0.3) is 0 Å². The van der Waals surface area contributed by atoms with Gasteiger partial charge in [-0.2, -0.15) is 4.31 Å². The second-order valence-electron chi connectivity index (χ2n) is 8.45. The maximum atomic E-state index is 13.4. The number of morpholine rings is 1. The van der Waals surface area contributed by atoms with E-state index in [0.29, 0.717) is 45.7 Å². The number of rotatable bonds is 7. The Bertz CT molecular complexity index is 1020. The maximum absolute atomic E-state index is 13.4. The van der Waals surface area contributed by atoms with Crippen molar-refractivity contribution < 1.29 is 22.3 Å². The summed E-state index contributed by atoms with van der Waals surface area (Å²) in [4.78, 5) is 15.4. The minimum absolute atomic E-state index is 0.0628. The molecule has 2 aliphatic heterocycles. The number of carbonyl (C=O) groups is 1. The van der Waals surface area contributed by atoms with Gasteiger partial charge in [0, 0.05) is 38.6 Å². The molecule has 0 radical (unpaired) electrons. The largest absolute Gasteiger partial charge is 0.379 e. The van der Waals surface area contributed by atoms with Crippen LogP contribution in [0.15, 0.2) is 59.5 Å². The highest BCUT2D eigenvalue weighted by molar-refractivity contribution is 7.89. The minimum Gasteiger partial charge on any atom is -0.379 e. The normalized spacial score (nSPS) is 19.8. The van der Waals surface area contributed by atoms with E-state index in [1.165, 1.54) is 16.4 Å². The summed E-state index contributed by atoms with van der Waals surface area (Å²) in [7, 11) is -3.54. The highest BCUT2D eigenvalue weighted by Crippen LogP contribution is 2.25. The summed E-state index contributed by atoms with van der Waals surface area (Å²) in [5.41, 5.74) is 0.947. The molecular weight excluding hydrogens is 445 g/mol. The Morgan fingerprint density at radius 2 is 1.64 bits per heavy atom. The minimum atomic E-state index is -3.54. The number of benzene rings is 2. The number of hydrogen-bond donors (Lipinski definition) is 1. The predicted molar refractivity (Wildman–Crippen MR) is 122 cm³/mol. The molecule has 4 rings (SSSR count). The lowest BCUT2D eigenvalue weighted by Crippen LogP contribution is -2.46. The van der Waals surface area contributed by atoms with Crippen LogP contribution in [0.5, 0.6) is 0 Å². The van der Waals surface area contributed by atoms with Crippen molar-refractivity contribution in [3.63, 3.8) is 0 Å². The summed E-state index contributed by atoms with van der Waals surface area (Å²) in [6.45, 7) is 3.79. The van der Waals surface area contributed by atoms with E-state index in [0.717, 1.165) is 18.7 Å². The fourth-order valence-electron chi connectivity index (χ4n) is 4.47. The molecule has 9 heteroatoms. The fourth-order valence-corrected chi connectivity index (χ4v) is 5.96. The van der Waals surface area contributed by atoms with Crippen LogP contribution in [-0.2, 0) is 19.6 Å². The Labute approximate surface area is 194 Å². The van der Waals surface area contributed by atoms with E-state index < -0.39 is 10.0 Å². The van der Waals surface area contributed by atoms with Crippen LogP contribution in [0.2, 0.25) is 0 Å². The molecule has 0 aromatic heterocycles. The third-order valence-corrected chi connectivity index (χ3v) is 8.33. The Hall–Kier alpha value is -2.33. The molecule has 1 atom stereocenters. The molecular formula is C24H30FN3O4S. The van der Waals surface area contributed by atoms with Gasteiger partial charge in [0.25, 0.3) is 0 Å². The predicted octanol–water partition coefficient (Wildman–Crippen LogP) is 2.42. The standard InChI is InChI=1S/C24H30FN3O4S/c25-21-8-6-19(7-9-21)23(27-14-16-32-17-15-27)18-26-24(29)20-10-12-28(13-11-20)33(30,31)22-4-2-1-3-5-22/h1-9,20,23H,10-18H2,(H,26,29). The Balaban J connectivity index is 1.35. The van der Waals surface area contributed by atoms with Gasteiger partial charge < -0.3 is 10.1 Å². The first-order valence-corrected chi connectivity index (χ1v) is 12.8. The molecule has 2 aromatic rings. The summed E-state index contributed by atoms with van der Waals surface area (Å²) in [5, 5.41) is 3.06. The van der Waals surface area contributed by atoms with Gasteiger partial charge in [0.2, 0.25) is 15.9 Å². The van der Waals surface area contributed by atoms with E-state index in [2.05, 4.69) is 10.2 Å². The van der Waals surface area contributed by atoms with Gasteiger partial charge in [-0.05, 0) is 42.7 Å². The number of piperidine rings is 1. The third-order valence-electron chi connectivity index (χ3n) is 6.42. The van der Waals surface area contributed by atoms with Crippen LogP contribution in [0, 0.1) is 11.7 Å². The molecule has 33 heavy (non-hydrogen) atoms. The van der Waals surface area contributed by atoms with Crippen LogP contribution < -0.4 is 5.32 Å². The molecule has 2 heterocycles. The van der Waals surface area contributed by atoms with Crippen molar-refractivity contribution in [2.24, 2.45) is 5.92 Å². The number of nitrogens with zero attached hydrogens (tertiary/aromatic N) is 2. The summed E-state index contributed by atoms with van der Waals surface area (Å²) < 4.78 is 46.0. The molecule has 0 aliphatic carbocycles. The molecule has 7 nitrogen and oxygen atoms in total. The topological polar surface area (TPSA) is 79.0 Å². The Kier molecular flexibility index (Phi) is 7.75. The fraction of sp³-hybridized carbons (Fsp3) is 0.458. The van der Waals surface area contributed by atoms with Crippen molar-refractivity contribution in [3.8, 4) is 0 Å². The molecule has 1 unspecified atom stereocenters. The van der Waals surface area contributed by atoms with Gasteiger partial charge in [0.1, 0.15) is 5.82 Å².